The minimum absolute atomic E-state index is 0.210. The zero-order valence-electron chi connectivity index (χ0n) is 12.5. The summed E-state index contributed by atoms with van der Waals surface area (Å²) in [6.45, 7) is 4.86. The number of benzene rings is 1. The number of hydrogen-bond acceptors (Lipinski definition) is 3. The molecule has 0 spiro atoms. The molecule has 1 aromatic carbocycles. The van der Waals surface area contributed by atoms with Crippen molar-refractivity contribution in [3.05, 3.63) is 35.9 Å². The summed E-state index contributed by atoms with van der Waals surface area (Å²) in [6, 6.07) is 6.99. The second-order valence-electron chi connectivity index (χ2n) is 4.44. The molecule has 114 valence electrons. The van der Waals surface area contributed by atoms with Crippen LogP contribution in [0.4, 0.5) is 10.5 Å². The average molecular weight is 290 g/mol. The smallest absolute Gasteiger partial charge is 0.330 e. The van der Waals surface area contributed by atoms with E-state index in [4.69, 9.17) is 4.74 Å². The average Bonchev–Trinajstić information content (AvgIpc) is 2.47. The van der Waals surface area contributed by atoms with Crippen molar-refractivity contribution in [3.63, 3.8) is 0 Å². The molecule has 0 radical (unpaired) electrons. The van der Waals surface area contributed by atoms with Gasteiger partial charge in [-0.1, -0.05) is 25.5 Å². The van der Waals surface area contributed by atoms with Gasteiger partial charge in [0.2, 0.25) is 0 Å². The van der Waals surface area contributed by atoms with Crippen molar-refractivity contribution in [1.29, 1.82) is 0 Å². The van der Waals surface area contributed by atoms with E-state index in [2.05, 4.69) is 17.6 Å². The highest BCUT2D eigenvalue weighted by atomic mass is 16.5. The molecule has 5 nitrogen and oxygen atoms in total. The Morgan fingerprint density at radius 3 is 2.52 bits per heavy atom. The van der Waals surface area contributed by atoms with E-state index in [1.165, 1.54) is 6.08 Å². The summed E-state index contributed by atoms with van der Waals surface area (Å²) in [5, 5.41) is 5.52. The van der Waals surface area contributed by atoms with Crippen LogP contribution in [-0.4, -0.2) is 25.2 Å². The van der Waals surface area contributed by atoms with Crippen molar-refractivity contribution >= 4 is 23.8 Å². The van der Waals surface area contributed by atoms with E-state index < -0.39 is 0 Å². The van der Waals surface area contributed by atoms with Gasteiger partial charge in [0.25, 0.3) is 0 Å². The summed E-state index contributed by atoms with van der Waals surface area (Å²) in [5.74, 6) is -0.366. The molecule has 0 heterocycles. The van der Waals surface area contributed by atoms with Gasteiger partial charge in [0.05, 0.1) is 6.61 Å². The fourth-order valence-corrected chi connectivity index (χ4v) is 1.59. The highest BCUT2D eigenvalue weighted by Gasteiger charge is 2.00. The summed E-state index contributed by atoms with van der Waals surface area (Å²) < 4.78 is 4.80. The van der Waals surface area contributed by atoms with Crippen molar-refractivity contribution in [2.45, 2.75) is 26.7 Å². The minimum Gasteiger partial charge on any atom is -0.463 e. The van der Waals surface area contributed by atoms with Gasteiger partial charge in [-0.15, -0.1) is 0 Å². The number of urea groups is 1. The Bertz CT molecular complexity index is 481. The molecule has 0 aromatic heterocycles. The number of amides is 2. The fourth-order valence-electron chi connectivity index (χ4n) is 1.59. The van der Waals surface area contributed by atoms with Crippen LogP contribution < -0.4 is 10.6 Å². The largest absolute Gasteiger partial charge is 0.463 e. The number of anilines is 1. The quantitative estimate of drug-likeness (QED) is 0.460. The van der Waals surface area contributed by atoms with Gasteiger partial charge in [-0.05, 0) is 37.1 Å². The first kappa shape index (κ1) is 16.8. The van der Waals surface area contributed by atoms with Gasteiger partial charge >= 0.3 is 12.0 Å². The number of ether oxygens (including phenoxy) is 1. The molecule has 2 amide bonds. The molecule has 21 heavy (non-hydrogen) atoms. The molecular formula is C16H22N2O3. The Hall–Kier alpha value is -2.30. The lowest BCUT2D eigenvalue weighted by Gasteiger charge is -2.07. The molecule has 5 heteroatoms. The first-order valence-corrected chi connectivity index (χ1v) is 7.15. The Morgan fingerprint density at radius 1 is 1.19 bits per heavy atom. The topological polar surface area (TPSA) is 67.4 Å². The molecule has 0 bridgehead atoms. The van der Waals surface area contributed by atoms with Crippen molar-refractivity contribution in [1.82, 2.24) is 5.32 Å². The van der Waals surface area contributed by atoms with E-state index in [-0.39, 0.29) is 12.0 Å². The van der Waals surface area contributed by atoms with Crippen LogP contribution in [0, 0.1) is 0 Å². The number of nitrogens with one attached hydrogen (secondary N) is 2. The molecule has 0 fully saturated rings. The third-order valence-corrected chi connectivity index (χ3v) is 2.68. The van der Waals surface area contributed by atoms with Crippen molar-refractivity contribution in [2.75, 3.05) is 18.5 Å². The second kappa shape index (κ2) is 9.58. The molecule has 0 unspecified atom stereocenters. The zero-order chi connectivity index (χ0) is 15.5. The van der Waals surface area contributed by atoms with Gasteiger partial charge in [-0.3, -0.25) is 0 Å². The van der Waals surface area contributed by atoms with Crippen LogP contribution in [0.5, 0.6) is 0 Å². The van der Waals surface area contributed by atoms with Crippen LogP contribution in [0.1, 0.15) is 32.3 Å². The zero-order valence-corrected chi connectivity index (χ0v) is 12.5. The molecule has 1 aromatic rings. The molecule has 0 aliphatic rings. The summed E-state index contributed by atoms with van der Waals surface area (Å²) >= 11 is 0. The molecule has 0 atom stereocenters. The number of hydrogen-bond donors (Lipinski definition) is 2. The van der Waals surface area contributed by atoms with Gasteiger partial charge in [0.1, 0.15) is 0 Å². The van der Waals surface area contributed by atoms with Gasteiger partial charge in [0.15, 0.2) is 0 Å². The van der Waals surface area contributed by atoms with E-state index >= 15 is 0 Å². The van der Waals surface area contributed by atoms with Crippen LogP contribution >= 0.6 is 0 Å². The minimum atomic E-state index is -0.366. The summed E-state index contributed by atoms with van der Waals surface area (Å²) in [4.78, 5) is 22.7. The van der Waals surface area contributed by atoms with Gasteiger partial charge in [-0.25, -0.2) is 9.59 Å². The summed E-state index contributed by atoms with van der Waals surface area (Å²) in [5.41, 5.74) is 1.57. The molecular weight excluding hydrogens is 268 g/mol. The molecule has 2 N–H and O–H groups in total. The van der Waals surface area contributed by atoms with E-state index in [0.717, 1.165) is 18.4 Å². The van der Waals surface area contributed by atoms with E-state index in [0.29, 0.717) is 18.8 Å². The maximum atomic E-state index is 11.6. The number of esters is 1. The number of carbonyl (C=O) groups excluding carboxylic acids is 2. The third-order valence-electron chi connectivity index (χ3n) is 2.68. The second-order valence-corrected chi connectivity index (χ2v) is 4.44. The Morgan fingerprint density at radius 2 is 1.90 bits per heavy atom. The predicted octanol–water partition coefficient (Wildman–Crippen LogP) is 3.18. The van der Waals surface area contributed by atoms with Crippen LogP contribution in [0.25, 0.3) is 6.08 Å². The van der Waals surface area contributed by atoms with Crippen LogP contribution in [0.3, 0.4) is 0 Å². The first-order chi connectivity index (χ1) is 10.2. The van der Waals surface area contributed by atoms with E-state index in [9.17, 15) is 9.59 Å². The molecule has 0 aliphatic heterocycles. The third kappa shape index (κ3) is 7.15. The Kier molecular flexibility index (Phi) is 7.64. The molecule has 0 saturated carbocycles. The van der Waals surface area contributed by atoms with Crippen LogP contribution in [0.2, 0.25) is 0 Å². The van der Waals surface area contributed by atoms with Crippen molar-refractivity contribution in [3.8, 4) is 0 Å². The molecule has 0 aliphatic carbocycles. The van der Waals surface area contributed by atoms with E-state index in [1.54, 1.807) is 25.1 Å². The maximum Gasteiger partial charge on any atom is 0.330 e. The lowest BCUT2D eigenvalue weighted by molar-refractivity contribution is -0.137. The lowest BCUT2D eigenvalue weighted by Crippen LogP contribution is -2.29. The number of unbranched alkanes of at least 4 members (excludes halogenated alkanes) is 1. The molecule has 0 saturated heterocycles. The first-order valence-electron chi connectivity index (χ1n) is 7.15. The highest BCUT2D eigenvalue weighted by Crippen LogP contribution is 2.10. The number of carbonyl (C=O) groups is 2. The monoisotopic (exact) mass is 290 g/mol. The van der Waals surface area contributed by atoms with Crippen molar-refractivity contribution < 1.29 is 14.3 Å². The Balaban J connectivity index is 2.46. The molecule has 1 rings (SSSR count). The lowest BCUT2D eigenvalue weighted by atomic mass is 10.2. The van der Waals surface area contributed by atoms with Gasteiger partial charge in [-0.2, -0.15) is 0 Å². The fraction of sp³-hybridized carbons (Fsp3) is 0.375. The van der Waals surface area contributed by atoms with Crippen LogP contribution in [-0.2, 0) is 9.53 Å². The van der Waals surface area contributed by atoms with Crippen molar-refractivity contribution in [2.24, 2.45) is 0 Å². The maximum absolute atomic E-state index is 11.6. The summed E-state index contributed by atoms with van der Waals surface area (Å²) in [7, 11) is 0. The Labute approximate surface area is 125 Å². The predicted molar refractivity (Wildman–Crippen MR) is 84.0 cm³/mol. The van der Waals surface area contributed by atoms with Crippen LogP contribution in [0.15, 0.2) is 30.3 Å². The van der Waals surface area contributed by atoms with Gasteiger partial charge < -0.3 is 15.4 Å². The standard InChI is InChI=1S/C16H22N2O3/c1-3-5-12-17-16(20)18-14-9-6-13(7-10-14)8-11-15(19)21-4-2/h6-11H,3-5,12H2,1-2H3,(H2,17,18,20)/b11-8+. The van der Waals surface area contributed by atoms with Gasteiger partial charge in [0, 0.05) is 18.3 Å². The summed E-state index contributed by atoms with van der Waals surface area (Å²) in [6.07, 6.45) is 5.05. The normalized spacial score (nSPS) is 10.4. The highest BCUT2D eigenvalue weighted by molar-refractivity contribution is 5.90. The van der Waals surface area contributed by atoms with E-state index in [1.807, 2.05) is 12.1 Å². The number of rotatable bonds is 7. The SMILES string of the molecule is CCCCNC(=O)Nc1ccc(/C=C/C(=O)OCC)cc1.